The van der Waals surface area contributed by atoms with Crippen LogP contribution in [0.2, 0.25) is 0 Å². The van der Waals surface area contributed by atoms with Gasteiger partial charge in [0.15, 0.2) is 0 Å². The van der Waals surface area contributed by atoms with Crippen molar-refractivity contribution >= 4 is 0 Å². The average Bonchev–Trinajstić information content (AvgIpc) is 2.03. The first-order valence-electron chi connectivity index (χ1n) is 5.24. The predicted molar refractivity (Wildman–Crippen MR) is 57.7 cm³/mol. The maximum Gasteiger partial charge on any atom is 0.0518 e. The lowest BCUT2D eigenvalue weighted by Gasteiger charge is -2.32. The van der Waals surface area contributed by atoms with Gasteiger partial charge in [0.25, 0.3) is 0 Å². The molecule has 0 saturated carbocycles. The highest BCUT2D eigenvalue weighted by atomic mass is 16.5. The van der Waals surface area contributed by atoms with Crippen LogP contribution in [-0.2, 0) is 4.74 Å². The third-order valence-electron chi connectivity index (χ3n) is 2.98. The van der Waals surface area contributed by atoms with Crippen LogP contribution in [0.15, 0.2) is 0 Å². The third-order valence-corrected chi connectivity index (χ3v) is 2.98. The second-order valence-electron chi connectivity index (χ2n) is 4.68. The van der Waals surface area contributed by atoms with E-state index in [9.17, 15) is 0 Å². The van der Waals surface area contributed by atoms with Crippen LogP contribution in [0.4, 0.5) is 0 Å². The third kappa shape index (κ3) is 4.63. The molecule has 1 unspecified atom stereocenters. The quantitative estimate of drug-likeness (QED) is 0.693. The molecule has 2 nitrogen and oxygen atoms in total. The van der Waals surface area contributed by atoms with E-state index in [2.05, 4.69) is 34.6 Å². The summed E-state index contributed by atoms with van der Waals surface area (Å²) in [6.07, 6.45) is 1.38. The van der Waals surface area contributed by atoms with Crippen molar-refractivity contribution in [3.05, 3.63) is 0 Å². The molecular formula is C11H25NO. The second kappa shape index (κ2) is 5.61. The minimum atomic E-state index is 0.231. The highest BCUT2D eigenvalue weighted by Gasteiger charge is 2.26. The van der Waals surface area contributed by atoms with Crippen LogP contribution in [0.5, 0.6) is 0 Å². The van der Waals surface area contributed by atoms with Crippen molar-refractivity contribution in [2.24, 2.45) is 17.1 Å². The van der Waals surface area contributed by atoms with E-state index in [4.69, 9.17) is 10.5 Å². The van der Waals surface area contributed by atoms with Crippen molar-refractivity contribution in [3.63, 3.8) is 0 Å². The van der Waals surface area contributed by atoms with Gasteiger partial charge in [-0.3, -0.25) is 0 Å². The van der Waals surface area contributed by atoms with Gasteiger partial charge in [0, 0.05) is 6.61 Å². The Bertz CT molecular complexity index is 134. The van der Waals surface area contributed by atoms with Gasteiger partial charge in [0.05, 0.1) is 6.10 Å². The predicted octanol–water partition coefficient (Wildman–Crippen LogP) is 2.42. The summed E-state index contributed by atoms with van der Waals surface area (Å²) in [6.45, 7) is 12.4. The molecule has 0 aliphatic rings. The Balaban J connectivity index is 3.84. The highest BCUT2D eigenvalue weighted by molar-refractivity contribution is 4.78. The lowest BCUT2D eigenvalue weighted by molar-refractivity contribution is 0.0449. The molecule has 0 rings (SSSR count). The van der Waals surface area contributed by atoms with E-state index in [1.807, 2.05) is 0 Å². The fourth-order valence-electron chi connectivity index (χ4n) is 1.15. The van der Waals surface area contributed by atoms with Crippen LogP contribution in [-0.4, -0.2) is 19.3 Å². The summed E-state index contributed by atoms with van der Waals surface area (Å²) in [7, 11) is 0. The number of rotatable bonds is 6. The first kappa shape index (κ1) is 12.9. The molecule has 0 radical (unpaired) electrons. The highest BCUT2D eigenvalue weighted by Crippen LogP contribution is 2.29. The zero-order valence-electron chi connectivity index (χ0n) is 9.76. The minimum Gasteiger partial charge on any atom is -0.379 e. The zero-order chi connectivity index (χ0) is 10.5. The first-order valence-corrected chi connectivity index (χ1v) is 5.24. The van der Waals surface area contributed by atoms with Gasteiger partial charge >= 0.3 is 0 Å². The molecule has 2 heteroatoms. The van der Waals surface area contributed by atoms with Crippen molar-refractivity contribution in [2.75, 3.05) is 13.2 Å². The van der Waals surface area contributed by atoms with E-state index in [0.29, 0.717) is 12.0 Å². The molecule has 80 valence electrons. The van der Waals surface area contributed by atoms with E-state index in [-0.39, 0.29) is 5.41 Å². The van der Waals surface area contributed by atoms with Crippen LogP contribution < -0.4 is 5.73 Å². The maximum absolute atomic E-state index is 5.77. The molecule has 0 aliphatic heterocycles. The Hall–Kier alpha value is -0.0800. The Morgan fingerprint density at radius 3 is 2.08 bits per heavy atom. The molecule has 0 bridgehead atoms. The molecule has 2 N–H and O–H groups in total. The average molecular weight is 187 g/mol. The Labute approximate surface area is 82.8 Å². The molecular weight excluding hydrogens is 162 g/mol. The minimum absolute atomic E-state index is 0.231. The largest absolute Gasteiger partial charge is 0.379 e. The van der Waals surface area contributed by atoms with E-state index in [0.717, 1.165) is 19.6 Å². The summed E-state index contributed by atoms with van der Waals surface area (Å²) < 4.78 is 5.53. The Morgan fingerprint density at radius 2 is 1.77 bits per heavy atom. The van der Waals surface area contributed by atoms with Gasteiger partial charge < -0.3 is 10.5 Å². The monoisotopic (exact) mass is 187 g/mol. The summed E-state index contributed by atoms with van der Waals surface area (Å²) >= 11 is 0. The Kier molecular flexibility index (Phi) is 5.57. The van der Waals surface area contributed by atoms with Crippen LogP contribution >= 0.6 is 0 Å². The lowest BCUT2D eigenvalue weighted by Crippen LogP contribution is -2.34. The van der Waals surface area contributed by atoms with Gasteiger partial charge in [-0.25, -0.2) is 0 Å². The summed E-state index contributed by atoms with van der Waals surface area (Å²) in [4.78, 5) is 0. The number of nitrogens with two attached hydrogens (primary N) is 1. The first-order chi connectivity index (χ1) is 5.92. The molecule has 13 heavy (non-hydrogen) atoms. The molecule has 0 aromatic heterocycles. The summed E-state index contributed by atoms with van der Waals surface area (Å²) in [6, 6.07) is 0. The van der Waals surface area contributed by atoms with Crippen molar-refractivity contribution in [2.45, 2.75) is 47.1 Å². The van der Waals surface area contributed by atoms with Crippen molar-refractivity contribution in [1.29, 1.82) is 0 Å². The summed E-state index contributed by atoms with van der Waals surface area (Å²) in [5.41, 5.74) is 6.00. The van der Waals surface area contributed by atoms with Crippen LogP contribution in [0.1, 0.15) is 41.0 Å². The number of hydrogen-bond acceptors (Lipinski definition) is 2. The number of hydrogen-bond donors (Lipinski definition) is 1. The smallest absolute Gasteiger partial charge is 0.0518 e. The standard InChI is InChI=1S/C11H25NO/c1-9(2)11(5,8-12)6-7-13-10(3)4/h9-10H,6-8,12H2,1-5H3. The fraction of sp³-hybridized carbons (Fsp3) is 1.00. The van der Waals surface area contributed by atoms with Crippen LogP contribution in [0, 0.1) is 11.3 Å². The molecule has 0 fully saturated rings. The fourth-order valence-corrected chi connectivity index (χ4v) is 1.15. The molecule has 0 amide bonds. The van der Waals surface area contributed by atoms with E-state index < -0.39 is 0 Å². The van der Waals surface area contributed by atoms with Crippen molar-refractivity contribution in [1.82, 2.24) is 0 Å². The summed E-state index contributed by atoms with van der Waals surface area (Å²) in [5, 5.41) is 0. The normalized spacial score (nSPS) is 16.6. The second-order valence-corrected chi connectivity index (χ2v) is 4.68. The topological polar surface area (TPSA) is 35.2 Å². The molecule has 0 saturated heterocycles. The van der Waals surface area contributed by atoms with Gasteiger partial charge in [-0.1, -0.05) is 20.8 Å². The van der Waals surface area contributed by atoms with Crippen LogP contribution in [0.25, 0.3) is 0 Å². The van der Waals surface area contributed by atoms with E-state index in [1.165, 1.54) is 0 Å². The van der Waals surface area contributed by atoms with Gasteiger partial charge in [-0.15, -0.1) is 0 Å². The summed E-state index contributed by atoms with van der Waals surface area (Å²) in [5.74, 6) is 0.619. The van der Waals surface area contributed by atoms with Crippen molar-refractivity contribution < 1.29 is 4.74 Å². The van der Waals surface area contributed by atoms with Gasteiger partial charge in [0.1, 0.15) is 0 Å². The van der Waals surface area contributed by atoms with Gasteiger partial charge in [0.2, 0.25) is 0 Å². The SMILES string of the molecule is CC(C)OCCC(C)(CN)C(C)C. The van der Waals surface area contributed by atoms with Gasteiger partial charge in [-0.05, 0) is 38.1 Å². The number of ether oxygens (including phenoxy) is 1. The lowest BCUT2D eigenvalue weighted by atomic mass is 9.77. The molecule has 0 spiro atoms. The zero-order valence-corrected chi connectivity index (χ0v) is 9.76. The molecule has 0 aliphatic carbocycles. The maximum atomic E-state index is 5.77. The van der Waals surface area contributed by atoms with Crippen LogP contribution in [0.3, 0.4) is 0 Å². The van der Waals surface area contributed by atoms with E-state index in [1.54, 1.807) is 0 Å². The van der Waals surface area contributed by atoms with Gasteiger partial charge in [-0.2, -0.15) is 0 Å². The molecule has 1 atom stereocenters. The molecule has 0 aromatic carbocycles. The Morgan fingerprint density at radius 1 is 1.23 bits per heavy atom. The molecule has 0 aromatic rings. The molecule has 0 heterocycles. The van der Waals surface area contributed by atoms with Crippen molar-refractivity contribution in [3.8, 4) is 0 Å². The van der Waals surface area contributed by atoms with E-state index >= 15 is 0 Å².